The first-order valence-electron chi connectivity index (χ1n) is 14.5. The number of nitrogens with zero attached hydrogens (tertiary/aromatic N) is 2. The third kappa shape index (κ3) is 4.92. The van der Waals surface area contributed by atoms with E-state index < -0.39 is 23.7 Å². The fourth-order valence-electron chi connectivity index (χ4n) is 7.56. The molecule has 0 fully saturated rings. The lowest BCUT2D eigenvalue weighted by molar-refractivity contribution is -0.114. The largest absolute Gasteiger partial charge is 0.511 e. The molecule has 42 heavy (non-hydrogen) atoms. The predicted molar refractivity (Wildman–Crippen MR) is 163 cm³/mol. The molecule has 222 valence electrons. The Morgan fingerprint density at radius 1 is 1.10 bits per heavy atom. The highest BCUT2D eigenvalue weighted by molar-refractivity contribution is 6.14. The molecular weight excluding hydrogens is 530 g/mol. The van der Waals surface area contributed by atoms with Crippen LogP contribution in [0.15, 0.2) is 71.2 Å². The number of Topliss-reactive ketones (excluding diaryl/α,β-unsaturated/α-hetero) is 1. The summed E-state index contributed by atoms with van der Waals surface area (Å²) in [5.74, 6) is -2.57. The molecular formula is C34H41N3O5. The number of aromatic hydroxyl groups is 1. The molecule has 0 spiro atoms. The number of phenols is 1. The number of fused-ring (bicyclic) bond motifs is 3. The molecule has 3 aliphatic carbocycles. The van der Waals surface area contributed by atoms with Crippen molar-refractivity contribution in [3.63, 3.8) is 0 Å². The van der Waals surface area contributed by atoms with Crippen molar-refractivity contribution >= 4 is 11.7 Å². The van der Waals surface area contributed by atoms with Gasteiger partial charge in [-0.15, -0.1) is 0 Å². The van der Waals surface area contributed by atoms with E-state index in [-0.39, 0.29) is 51.4 Å². The van der Waals surface area contributed by atoms with Crippen LogP contribution in [-0.2, 0) is 17.8 Å². The number of rotatable bonds is 7. The number of phenolic OH excluding ortho intramolecular Hbond substituents is 1. The van der Waals surface area contributed by atoms with Crippen LogP contribution in [0.1, 0.15) is 41.8 Å². The Kier molecular flexibility index (Phi) is 7.81. The Labute approximate surface area is 247 Å². The van der Waals surface area contributed by atoms with Gasteiger partial charge in [-0.3, -0.25) is 14.5 Å². The van der Waals surface area contributed by atoms with E-state index in [1.54, 1.807) is 25.1 Å². The third-order valence-corrected chi connectivity index (χ3v) is 8.99. The van der Waals surface area contributed by atoms with Crippen LogP contribution in [0.5, 0.6) is 5.75 Å². The van der Waals surface area contributed by atoms with Gasteiger partial charge in [0, 0.05) is 24.6 Å². The van der Waals surface area contributed by atoms with Crippen molar-refractivity contribution in [2.24, 2.45) is 29.4 Å². The number of amides is 1. The van der Waals surface area contributed by atoms with Crippen LogP contribution in [0.3, 0.4) is 0 Å². The van der Waals surface area contributed by atoms with Crippen molar-refractivity contribution in [2.45, 2.75) is 39.3 Å². The summed E-state index contributed by atoms with van der Waals surface area (Å²) in [6, 6.07) is 11.1. The number of hydrogen-bond acceptors (Lipinski definition) is 7. The van der Waals surface area contributed by atoms with Gasteiger partial charge in [0.2, 0.25) is 0 Å². The molecule has 0 radical (unpaired) electrons. The normalized spacial score (nSPS) is 23.9. The first-order chi connectivity index (χ1) is 19.8. The Morgan fingerprint density at radius 3 is 2.45 bits per heavy atom. The summed E-state index contributed by atoms with van der Waals surface area (Å²) in [7, 11) is 5.69. The second-order valence-electron chi connectivity index (χ2n) is 12.7. The standard InChI is InChI=1S/C34H41N3O5/c1-17(2)15-37(6)16-19-8-7-9-20(12-19)22-10-11-25(38)29-23(22)13-21-14-24-26(31(39)28(21)32(29)40)18(3)27(34(35)42)33(41)30(24)36(4)5/h7-12,17,21,24,26,30,38-39,41H,3,13-16H2,1-2,4-6H3,(H2,35,42)/t21?,24?,26?,30-/m0/s1. The number of aliphatic hydroxyl groups excluding tert-OH is 2. The number of carbonyl (C=O) groups excluding carboxylic acids is 2. The van der Waals surface area contributed by atoms with Crippen LogP contribution in [0.2, 0.25) is 0 Å². The summed E-state index contributed by atoms with van der Waals surface area (Å²) in [4.78, 5) is 30.5. The van der Waals surface area contributed by atoms with Gasteiger partial charge in [-0.25, -0.2) is 0 Å². The summed E-state index contributed by atoms with van der Waals surface area (Å²) in [6.45, 7) is 10.2. The van der Waals surface area contributed by atoms with E-state index in [4.69, 9.17) is 5.73 Å². The molecule has 4 atom stereocenters. The zero-order valence-electron chi connectivity index (χ0n) is 25.0. The molecule has 0 saturated heterocycles. The lowest BCUT2D eigenvalue weighted by Crippen LogP contribution is -2.50. The van der Waals surface area contributed by atoms with Gasteiger partial charge in [-0.05, 0) is 91.7 Å². The van der Waals surface area contributed by atoms with Crippen LogP contribution < -0.4 is 5.73 Å². The van der Waals surface area contributed by atoms with E-state index in [2.05, 4.69) is 44.5 Å². The molecule has 5 rings (SSSR count). The maximum absolute atomic E-state index is 14.1. The predicted octanol–water partition coefficient (Wildman–Crippen LogP) is 4.75. The average Bonchev–Trinajstić information content (AvgIpc) is 2.87. The number of ketones is 1. The van der Waals surface area contributed by atoms with Crippen molar-refractivity contribution < 1.29 is 24.9 Å². The Morgan fingerprint density at radius 2 is 1.81 bits per heavy atom. The van der Waals surface area contributed by atoms with Crippen LogP contribution >= 0.6 is 0 Å². The molecule has 0 aromatic heterocycles. The number of likely N-dealkylation sites (N-methyl/N-ethyl adjacent to an activating group) is 1. The van der Waals surface area contributed by atoms with Crippen molar-refractivity contribution in [1.29, 1.82) is 0 Å². The third-order valence-electron chi connectivity index (χ3n) is 8.99. The maximum atomic E-state index is 14.1. The zero-order chi connectivity index (χ0) is 30.6. The van der Waals surface area contributed by atoms with Crippen molar-refractivity contribution in [2.75, 3.05) is 27.7 Å². The van der Waals surface area contributed by atoms with Crippen LogP contribution in [0.25, 0.3) is 11.1 Å². The van der Waals surface area contributed by atoms with E-state index >= 15 is 0 Å². The highest BCUT2D eigenvalue weighted by Crippen LogP contribution is 2.53. The first-order valence-corrected chi connectivity index (χ1v) is 14.5. The van der Waals surface area contributed by atoms with Crippen molar-refractivity contribution in [1.82, 2.24) is 9.80 Å². The number of primary amides is 1. The second-order valence-corrected chi connectivity index (χ2v) is 12.7. The highest BCUT2D eigenvalue weighted by Gasteiger charge is 2.52. The van der Waals surface area contributed by atoms with Gasteiger partial charge in [0.15, 0.2) is 5.78 Å². The highest BCUT2D eigenvalue weighted by atomic mass is 16.3. The molecule has 2 aromatic carbocycles. The number of aliphatic hydroxyl groups is 2. The quantitative estimate of drug-likeness (QED) is 0.378. The minimum absolute atomic E-state index is 0.103. The average molecular weight is 572 g/mol. The molecule has 0 heterocycles. The number of carbonyl (C=O) groups is 2. The van der Waals surface area contributed by atoms with Gasteiger partial charge in [-0.1, -0.05) is 44.7 Å². The molecule has 0 saturated carbocycles. The first kappa shape index (κ1) is 29.6. The van der Waals surface area contributed by atoms with E-state index in [0.717, 1.165) is 35.3 Å². The molecule has 1 amide bonds. The number of hydrogen-bond donors (Lipinski definition) is 4. The molecule has 0 bridgehead atoms. The van der Waals surface area contributed by atoms with Gasteiger partial charge in [-0.2, -0.15) is 0 Å². The Hall–Kier alpha value is -3.88. The molecule has 8 heteroatoms. The monoisotopic (exact) mass is 571 g/mol. The number of benzene rings is 2. The summed E-state index contributed by atoms with van der Waals surface area (Å²) >= 11 is 0. The molecule has 8 nitrogen and oxygen atoms in total. The SMILES string of the molecule is C=C1C(C(N)=O)=C(O)[C@@H](N(C)C)C2CC3Cc4c(-c5cccc(CN(C)CC(C)C)c5)ccc(O)c4C(=O)C3=C(O)C12. The van der Waals surface area contributed by atoms with Gasteiger partial charge in [0.05, 0.1) is 17.2 Å². The van der Waals surface area contributed by atoms with Gasteiger partial charge in [0.25, 0.3) is 5.91 Å². The molecule has 2 aromatic rings. The van der Waals surface area contributed by atoms with E-state index in [1.807, 2.05) is 18.2 Å². The minimum atomic E-state index is -0.831. The van der Waals surface area contributed by atoms with Crippen molar-refractivity contribution in [3.8, 4) is 16.9 Å². The lowest BCUT2D eigenvalue weighted by Gasteiger charge is -2.47. The Bertz CT molecular complexity index is 1540. The van der Waals surface area contributed by atoms with Crippen LogP contribution in [-0.4, -0.2) is 70.5 Å². The van der Waals surface area contributed by atoms with Gasteiger partial charge in [0.1, 0.15) is 17.3 Å². The minimum Gasteiger partial charge on any atom is -0.511 e. The fourth-order valence-corrected chi connectivity index (χ4v) is 7.56. The molecule has 3 unspecified atom stereocenters. The summed E-state index contributed by atoms with van der Waals surface area (Å²) in [6.07, 6.45) is 0.910. The molecule has 5 N–H and O–H groups in total. The Balaban J connectivity index is 1.59. The second kappa shape index (κ2) is 11.1. The fraction of sp³-hybridized carbons (Fsp3) is 0.412. The van der Waals surface area contributed by atoms with Crippen molar-refractivity contribution in [3.05, 3.63) is 87.9 Å². The number of nitrogens with two attached hydrogens (primary N) is 1. The molecule has 0 aliphatic heterocycles. The maximum Gasteiger partial charge on any atom is 0.252 e. The number of allylic oxidation sites excluding steroid dienone is 2. The zero-order valence-corrected chi connectivity index (χ0v) is 25.0. The van der Waals surface area contributed by atoms with Crippen LogP contribution in [0.4, 0.5) is 0 Å². The topological polar surface area (TPSA) is 127 Å². The molecule has 3 aliphatic rings. The van der Waals surface area contributed by atoms with Gasteiger partial charge < -0.3 is 26.0 Å². The summed E-state index contributed by atoms with van der Waals surface area (Å²) in [5, 5.41) is 33.7. The smallest absolute Gasteiger partial charge is 0.252 e. The summed E-state index contributed by atoms with van der Waals surface area (Å²) in [5.41, 5.74) is 9.90. The van der Waals surface area contributed by atoms with Gasteiger partial charge >= 0.3 is 0 Å². The van der Waals surface area contributed by atoms with E-state index in [0.29, 0.717) is 18.8 Å². The summed E-state index contributed by atoms with van der Waals surface area (Å²) < 4.78 is 0. The van der Waals surface area contributed by atoms with E-state index in [1.165, 1.54) is 0 Å². The van der Waals surface area contributed by atoms with E-state index in [9.17, 15) is 24.9 Å². The van der Waals surface area contributed by atoms with Crippen LogP contribution in [0, 0.1) is 23.7 Å². The lowest BCUT2D eigenvalue weighted by atomic mass is 9.60.